The molecule has 4 nitrogen and oxygen atoms in total. The van der Waals surface area contributed by atoms with Crippen LogP contribution in [-0.2, 0) is 16.0 Å². The molecular weight excluding hydrogens is 194 g/mol. The molecule has 1 atom stereocenters. The quantitative estimate of drug-likeness (QED) is 0.790. The molecule has 0 aliphatic carbocycles. The van der Waals surface area contributed by atoms with E-state index in [1.165, 1.54) is 6.92 Å². The molecule has 0 fully saturated rings. The lowest BCUT2D eigenvalue weighted by molar-refractivity contribution is -0.140. The van der Waals surface area contributed by atoms with Crippen LogP contribution in [-0.4, -0.2) is 21.8 Å². The molecule has 0 saturated heterocycles. The van der Waals surface area contributed by atoms with E-state index in [-0.39, 0.29) is 12.2 Å². The van der Waals surface area contributed by atoms with Crippen LogP contribution in [0.2, 0.25) is 0 Å². The fourth-order valence-corrected chi connectivity index (χ4v) is 1.34. The van der Waals surface area contributed by atoms with Gasteiger partial charge in [0, 0.05) is 17.8 Å². The second kappa shape index (κ2) is 5.24. The zero-order valence-corrected chi connectivity index (χ0v) is 8.51. The first kappa shape index (κ1) is 11.4. The monoisotopic (exact) mass is 207 g/mol. The number of carboxylic acid groups (broad SMARTS) is 1. The number of carbonyl (C=O) groups excluding carboxylic acids is 1. The Kier molecular flexibility index (Phi) is 3.97. The molecule has 0 aliphatic rings. The highest BCUT2D eigenvalue weighted by Crippen LogP contribution is 2.11. The number of pyridine rings is 1. The number of ketones is 1. The van der Waals surface area contributed by atoms with Gasteiger partial charge in [-0.2, -0.15) is 0 Å². The van der Waals surface area contributed by atoms with Crippen molar-refractivity contribution >= 4 is 11.8 Å². The summed E-state index contributed by atoms with van der Waals surface area (Å²) in [7, 11) is 0. The van der Waals surface area contributed by atoms with Crippen molar-refractivity contribution in [3.63, 3.8) is 0 Å². The van der Waals surface area contributed by atoms with Crippen molar-refractivity contribution in [2.45, 2.75) is 19.8 Å². The number of Topliss-reactive ketones (excluding diaryl/α,β-unsaturated/α-hetero) is 1. The van der Waals surface area contributed by atoms with Gasteiger partial charge in [0.2, 0.25) is 0 Å². The summed E-state index contributed by atoms with van der Waals surface area (Å²) < 4.78 is 0. The second-order valence-corrected chi connectivity index (χ2v) is 3.43. The number of carbonyl (C=O) groups is 2. The molecule has 80 valence electrons. The van der Waals surface area contributed by atoms with Crippen LogP contribution < -0.4 is 0 Å². The van der Waals surface area contributed by atoms with Gasteiger partial charge >= 0.3 is 5.97 Å². The average Bonchev–Trinajstić information content (AvgIpc) is 2.17. The van der Waals surface area contributed by atoms with Crippen molar-refractivity contribution in [1.82, 2.24) is 4.98 Å². The van der Waals surface area contributed by atoms with E-state index in [4.69, 9.17) is 5.11 Å². The Bertz CT molecular complexity index is 348. The summed E-state index contributed by atoms with van der Waals surface area (Å²) in [5, 5.41) is 8.64. The van der Waals surface area contributed by atoms with Crippen LogP contribution in [0.1, 0.15) is 19.0 Å². The van der Waals surface area contributed by atoms with Gasteiger partial charge in [0.25, 0.3) is 0 Å². The van der Waals surface area contributed by atoms with Crippen molar-refractivity contribution in [2.75, 3.05) is 0 Å². The highest BCUT2D eigenvalue weighted by atomic mass is 16.4. The predicted molar refractivity (Wildman–Crippen MR) is 54.4 cm³/mol. The molecule has 4 heteroatoms. The maximum atomic E-state index is 11.2. The van der Waals surface area contributed by atoms with Gasteiger partial charge in [-0.15, -0.1) is 0 Å². The lowest BCUT2D eigenvalue weighted by Gasteiger charge is -2.09. The molecule has 15 heavy (non-hydrogen) atoms. The standard InChI is InChI=1S/C11H13NO3/c1-8(13)9(7-11(14)15)6-10-4-2-3-5-12-10/h2-5,9H,6-7H2,1H3,(H,14,15). The normalized spacial score (nSPS) is 12.1. The van der Waals surface area contributed by atoms with Crippen molar-refractivity contribution in [1.29, 1.82) is 0 Å². The van der Waals surface area contributed by atoms with E-state index < -0.39 is 11.9 Å². The van der Waals surface area contributed by atoms with Crippen molar-refractivity contribution in [2.24, 2.45) is 5.92 Å². The van der Waals surface area contributed by atoms with E-state index in [9.17, 15) is 9.59 Å². The van der Waals surface area contributed by atoms with Crippen LogP contribution in [0.5, 0.6) is 0 Å². The van der Waals surface area contributed by atoms with Gasteiger partial charge < -0.3 is 5.11 Å². The molecular formula is C11H13NO3. The van der Waals surface area contributed by atoms with Crippen molar-refractivity contribution < 1.29 is 14.7 Å². The third-order valence-electron chi connectivity index (χ3n) is 2.18. The highest BCUT2D eigenvalue weighted by molar-refractivity contribution is 5.83. The molecule has 0 saturated carbocycles. The zero-order valence-electron chi connectivity index (χ0n) is 8.51. The van der Waals surface area contributed by atoms with Crippen LogP contribution in [0.25, 0.3) is 0 Å². The summed E-state index contributed by atoms with van der Waals surface area (Å²) in [5.74, 6) is -1.54. The van der Waals surface area contributed by atoms with E-state index in [1.54, 1.807) is 18.3 Å². The van der Waals surface area contributed by atoms with Gasteiger partial charge in [0.1, 0.15) is 5.78 Å². The third kappa shape index (κ3) is 3.89. The molecule has 0 aromatic carbocycles. The Balaban J connectivity index is 2.67. The van der Waals surface area contributed by atoms with Crippen molar-refractivity contribution in [3.8, 4) is 0 Å². The van der Waals surface area contributed by atoms with Crippen LogP contribution in [0.4, 0.5) is 0 Å². The molecule has 1 heterocycles. The smallest absolute Gasteiger partial charge is 0.304 e. The minimum atomic E-state index is -0.953. The number of aliphatic carboxylic acids is 1. The van der Waals surface area contributed by atoms with E-state index in [0.717, 1.165) is 5.69 Å². The summed E-state index contributed by atoms with van der Waals surface area (Å²) in [5.41, 5.74) is 0.749. The number of aromatic nitrogens is 1. The molecule has 0 amide bonds. The van der Waals surface area contributed by atoms with E-state index in [0.29, 0.717) is 6.42 Å². The van der Waals surface area contributed by atoms with E-state index >= 15 is 0 Å². The first-order valence-corrected chi connectivity index (χ1v) is 4.71. The number of rotatable bonds is 5. The summed E-state index contributed by atoms with van der Waals surface area (Å²) in [6.07, 6.45) is 1.89. The van der Waals surface area contributed by atoms with E-state index in [2.05, 4.69) is 4.98 Å². The van der Waals surface area contributed by atoms with Gasteiger partial charge in [-0.25, -0.2) is 0 Å². The Morgan fingerprint density at radius 3 is 2.67 bits per heavy atom. The number of hydrogen-bond donors (Lipinski definition) is 1. The molecule has 0 bridgehead atoms. The summed E-state index contributed by atoms with van der Waals surface area (Å²) in [6, 6.07) is 5.39. The Morgan fingerprint density at radius 1 is 1.47 bits per heavy atom. The van der Waals surface area contributed by atoms with E-state index in [1.807, 2.05) is 6.07 Å². The highest BCUT2D eigenvalue weighted by Gasteiger charge is 2.18. The number of nitrogens with zero attached hydrogens (tertiary/aromatic N) is 1. The van der Waals surface area contributed by atoms with Crippen LogP contribution in [0.15, 0.2) is 24.4 Å². The molecule has 0 radical (unpaired) electrons. The largest absolute Gasteiger partial charge is 0.481 e. The third-order valence-corrected chi connectivity index (χ3v) is 2.18. The zero-order chi connectivity index (χ0) is 11.3. The lowest BCUT2D eigenvalue weighted by Crippen LogP contribution is -2.18. The van der Waals surface area contributed by atoms with Gasteiger partial charge in [-0.3, -0.25) is 14.6 Å². The maximum Gasteiger partial charge on any atom is 0.304 e. The first-order valence-electron chi connectivity index (χ1n) is 4.71. The van der Waals surface area contributed by atoms with Crippen molar-refractivity contribution in [3.05, 3.63) is 30.1 Å². The molecule has 1 aromatic heterocycles. The topological polar surface area (TPSA) is 67.3 Å². The average molecular weight is 207 g/mol. The molecule has 1 rings (SSSR count). The molecule has 1 N–H and O–H groups in total. The molecule has 0 spiro atoms. The van der Waals surface area contributed by atoms with Crippen LogP contribution >= 0.6 is 0 Å². The van der Waals surface area contributed by atoms with Gasteiger partial charge in [0.05, 0.1) is 6.42 Å². The minimum absolute atomic E-state index is 0.108. The lowest BCUT2D eigenvalue weighted by atomic mass is 9.95. The van der Waals surface area contributed by atoms with Gasteiger partial charge in [0.15, 0.2) is 0 Å². The Hall–Kier alpha value is -1.71. The summed E-state index contributed by atoms with van der Waals surface area (Å²) in [4.78, 5) is 25.8. The number of carboxylic acids is 1. The SMILES string of the molecule is CC(=O)C(CC(=O)O)Cc1ccccn1. The maximum absolute atomic E-state index is 11.2. The number of hydrogen-bond acceptors (Lipinski definition) is 3. The van der Waals surface area contributed by atoms with Crippen LogP contribution in [0, 0.1) is 5.92 Å². The molecule has 0 aliphatic heterocycles. The summed E-state index contributed by atoms with van der Waals surface area (Å²) in [6.45, 7) is 1.41. The van der Waals surface area contributed by atoms with Gasteiger partial charge in [-0.05, 0) is 25.5 Å². The fraction of sp³-hybridized carbons (Fsp3) is 0.364. The predicted octanol–water partition coefficient (Wildman–Crippen LogP) is 1.30. The first-order chi connectivity index (χ1) is 7.09. The second-order valence-electron chi connectivity index (χ2n) is 3.43. The van der Waals surface area contributed by atoms with Crippen LogP contribution in [0.3, 0.4) is 0 Å². The Morgan fingerprint density at radius 2 is 2.20 bits per heavy atom. The summed E-state index contributed by atoms with van der Waals surface area (Å²) >= 11 is 0. The molecule has 1 unspecified atom stereocenters. The fourth-order valence-electron chi connectivity index (χ4n) is 1.34. The van der Waals surface area contributed by atoms with Gasteiger partial charge in [-0.1, -0.05) is 6.07 Å². The molecule has 1 aromatic rings. The minimum Gasteiger partial charge on any atom is -0.481 e. The Labute approximate surface area is 88.0 Å².